The van der Waals surface area contributed by atoms with Gasteiger partial charge in [0.25, 0.3) is 5.91 Å². The molecular formula is C18H16FN3O2. The first-order valence-electron chi connectivity index (χ1n) is 7.34. The van der Waals surface area contributed by atoms with Gasteiger partial charge in [0.05, 0.1) is 18.5 Å². The smallest absolute Gasteiger partial charge is 0.273 e. The number of rotatable bonds is 4. The molecule has 122 valence electrons. The van der Waals surface area contributed by atoms with Crippen LogP contribution in [0.2, 0.25) is 0 Å². The predicted octanol–water partition coefficient (Wildman–Crippen LogP) is 3.79. The standard InChI is InChI=1S/C18H16FN3O2/c1-11-3-8-17(24-2)15(9-11)20-18(23)16-10-14(21-22-16)12-4-6-13(19)7-5-12/h3-10H,1-2H3,(H,20,23)(H,21,22). The number of anilines is 1. The molecule has 5 nitrogen and oxygen atoms in total. The number of ether oxygens (including phenoxy) is 1. The first-order valence-corrected chi connectivity index (χ1v) is 7.34. The number of hydrogen-bond donors (Lipinski definition) is 2. The third-order valence-electron chi connectivity index (χ3n) is 3.57. The molecule has 0 aliphatic carbocycles. The maximum absolute atomic E-state index is 13.0. The van der Waals surface area contributed by atoms with E-state index in [-0.39, 0.29) is 11.7 Å². The minimum absolute atomic E-state index is 0.304. The predicted molar refractivity (Wildman–Crippen MR) is 89.7 cm³/mol. The molecule has 6 heteroatoms. The van der Waals surface area contributed by atoms with Crippen LogP contribution >= 0.6 is 0 Å². The van der Waals surface area contributed by atoms with E-state index in [1.165, 1.54) is 12.1 Å². The Morgan fingerprint density at radius 1 is 1.17 bits per heavy atom. The minimum Gasteiger partial charge on any atom is -0.495 e. The summed E-state index contributed by atoms with van der Waals surface area (Å²) in [6, 6.07) is 13.0. The van der Waals surface area contributed by atoms with Gasteiger partial charge in [-0.3, -0.25) is 9.89 Å². The lowest BCUT2D eigenvalue weighted by Gasteiger charge is -2.10. The van der Waals surface area contributed by atoms with Gasteiger partial charge in [0.1, 0.15) is 17.3 Å². The average molecular weight is 325 g/mol. The van der Waals surface area contributed by atoms with E-state index in [2.05, 4.69) is 15.5 Å². The van der Waals surface area contributed by atoms with Crippen LogP contribution in [0.4, 0.5) is 10.1 Å². The van der Waals surface area contributed by atoms with Crippen molar-refractivity contribution in [1.29, 1.82) is 0 Å². The van der Waals surface area contributed by atoms with Crippen LogP contribution in [-0.2, 0) is 0 Å². The topological polar surface area (TPSA) is 67.0 Å². The minimum atomic E-state index is -0.334. The summed E-state index contributed by atoms with van der Waals surface area (Å²) in [5.41, 5.74) is 3.18. The normalized spacial score (nSPS) is 10.5. The molecule has 2 N–H and O–H groups in total. The maximum Gasteiger partial charge on any atom is 0.273 e. The fourth-order valence-corrected chi connectivity index (χ4v) is 2.32. The Bertz CT molecular complexity index is 872. The van der Waals surface area contributed by atoms with E-state index >= 15 is 0 Å². The Hall–Kier alpha value is -3.15. The van der Waals surface area contributed by atoms with Crippen molar-refractivity contribution in [2.45, 2.75) is 6.92 Å². The van der Waals surface area contributed by atoms with E-state index in [1.807, 2.05) is 19.1 Å². The van der Waals surface area contributed by atoms with Crippen LogP contribution in [0.3, 0.4) is 0 Å². The Balaban J connectivity index is 1.81. The number of carbonyl (C=O) groups excluding carboxylic acids is 1. The number of halogens is 1. The monoisotopic (exact) mass is 325 g/mol. The van der Waals surface area contributed by atoms with Crippen molar-refractivity contribution >= 4 is 11.6 Å². The Labute approximate surface area is 138 Å². The van der Waals surface area contributed by atoms with Crippen LogP contribution in [0.15, 0.2) is 48.5 Å². The summed E-state index contributed by atoms with van der Waals surface area (Å²) in [6.07, 6.45) is 0. The third-order valence-corrected chi connectivity index (χ3v) is 3.57. The van der Waals surface area contributed by atoms with Gasteiger partial charge in [-0.1, -0.05) is 6.07 Å². The van der Waals surface area contributed by atoms with Crippen LogP contribution in [0.1, 0.15) is 16.1 Å². The molecule has 0 radical (unpaired) electrons. The zero-order valence-electron chi connectivity index (χ0n) is 13.3. The number of amides is 1. The van der Waals surface area contributed by atoms with Gasteiger partial charge < -0.3 is 10.1 Å². The molecule has 0 fully saturated rings. The molecule has 0 spiro atoms. The van der Waals surface area contributed by atoms with Crippen molar-refractivity contribution in [2.75, 3.05) is 12.4 Å². The average Bonchev–Trinajstić information content (AvgIpc) is 3.06. The molecule has 3 aromatic rings. The SMILES string of the molecule is COc1ccc(C)cc1NC(=O)c1cc(-c2ccc(F)cc2)n[nH]1. The van der Waals surface area contributed by atoms with Gasteiger partial charge >= 0.3 is 0 Å². The molecule has 0 aliphatic rings. The zero-order valence-corrected chi connectivity index (χ0v) is 13.3. The molecule has 24 heavy (non-hydrogen) atoms. The molecule has 0 saturated carbocycles. The lowest BCUT2D eigenvalue weighted by Crippen LogP contribution is -2.13. The lowest BCUT2D eigenvalue weighted by molar-refractivity contribution is 0.102. The van der Waals surface area contributed by atoms with Crippen LogP contribution in [0, 0.1) is 12.7 Å². The van der Waals surface area contributed by atoms with Crippen LogP contribution in [0.5, 0.6) is 5.75 Å². The van der Waals surface area contributed by atoms with E-state index in [4.69, 9.17) is 4.74 Å². The van der Waals surface area contributed by atoms with Crippen LogP contribution < -0.4 is 10.1 Å². The van der Waals surface area contributed by atoms with E-state index in [9.17, 15) is 9.18 Å². The number of nitrogens with zero attached hydrogens (tertiary/aromatic N) is 1. The summed E-state index contributed by atoms with van der Waals surface area (Å²) in [5.74, 6) is -0.0780. The number of aryl methyl sites for hydroxylation is 1. The van der Waals surface area contributed by atoms with Crippen molar-refractivity contribution in [3.05, 3.63) is 65.6 Å². The molecular weight excluding hydrogens is 309 g/mol. The molecule has 1 amide bonds. The van der Waals surface area contributed by atoms with Crippen molar-refractivity contribution in [3.8, 4) is 17.0 Å². The number of aromatic nitrogens is 2. The summed E-state index contributed by atoms with van der Waals surface area (Å²) < 4.78 is 18.2. The van der Waals surface area contributed by atoms with Gasteiger partial charge in [0.15, 0.2) is 0 Å². The van der Waals surface area contributed by atoms with Gasteiger partial charge in [-0.25, -0.2) is 4.39 Å². The van der Waals surface area contributed by atoms with Crippen molar-refractivity contribution < 1.29 is 13.9 Å². The molecule has 0 atom stereocenters. The van der Waals surface area contributed by atoms with Gasteiger partial charge in [-0.2, -0.15) is 5.10 Å². The molecule has 1 aromatic heterocycles. The van der Waals surface area contributed by atoms with Crippen LogP contribution in [-0.4, -0.2) is 23.2 Å². The molecule has 0 aliphatic heterocycles. The van der Waals surface area contributed by atoms with E-state index in [0.717, 1.165) is 11.1 Å². The molecule has 0 saturated heterocycles. The quantitative estimate of drug-likeness (QED) is 0.767. The summed E-state index contributed by atoms with van der Waals surface area (Å²) in [6.45, 7) is 1.93. The molecule has 3 rings (SSSR count). The van der Waals surface area contributed by atoms with E-state index in [1.54, 1.807) is 31.4 Å². The maximum atomic E-state index is 13.0. The Morgan fingerprint density at radius 2 is 1.92 bits per heavy atom. The highest BCUT2D eigenvalue weighted by Crippen LogP contribution is 2.26. The zero-order chi connectivity index (χ0) is 17.1. The number of methoxy groups -OCH3 is 1. The number of aromatic amines is 1. The van der Waals surface area contributed by atoms with Gasteiger partial charge in [-0.15, -0.1) is 0 Å². The van der Waals surface area contributed by atoms with Crippen molar-refractivity contribution in [1.82, 2.24) is 10.2 Å². The third kappa shape index (κ3) is 3.27. The highest BCUT2D eigenvalue weighted by Gasteiger charge is 2.13. The second-order valence-electron chi connectivity index (χ2n) is 5.33. The second kappa shape index (κ2) is 6.54. The van der Waals surface area contributed by atoms with Gasteiger partial charge in [0, 0.05) is 5.56 Å². The van der Waals surface area contributed by atoms with Crippen molar-refractivity contribution in [3.63, 3.8) is 0 Å². The highest BCUT2D eigenvalue weighted by atomic mass is 19.1. The van der Waals surface area contributed by atoms with Crippen molar-refractivity contribution in [2.24, 2.45) is 0 Å². The summed E-state index contributed by atoms with van der Waals surface area (Å²) in [7, 11) is 1.54. The first-order chi connectivity index (χ1) is 11.6. The molecule has 0 bridgehead atoms. The Kier molecular flexibility index (Phi) is 4.29. The van der Waals surface area contributed by atoms with Gasteiger partial charge in [0.2, 0.25) is 0 Å². The number of nitrogens with one attached hydrogen (secondary N) is 2. The highest BCUT2D eigenvalue weighted by molar-refractivity contribution is 6.04. The van der Waals surface area contributed by atoms with E-state index in [0.29, 0.717) is 22.8 Å². The fourth-order valence-electron chi connectivity index (χ4n) is 2.32. The Morgan fingerprint density at radius 3 is 2.62 bits per heavy atom. The first kappa shape index (κ1) is 15.7. The largest absolute Gasteiger partial charge is 0.495 e. The van der Waals surface area contributed by atoms with E-state index < -0.39 is 0 Å². The lowest BCUT2D eigenvalue weighted by atomic mass is 10.1. The number of benzene rings is 2. The van der Waals surface area contributed by atoms with Crippen LogP contribution in [0.25, 0.3) is 11.3 Å². The molecule has 1 heterocycles. The summed E-state index contributed by atoms with van der Waals surface area (Å²) in [4.78, 5) is 12.4. The van der Waals surface area contributed by atoms with Gasteiger partial charge in [-0.05, 0) is 55.0 Å². The number of carbonyl (C=O) groups is 1. The number of hydrogen-bond acceptors (Lipinski definition) is 3. The second-order valence-corrected chi connectivity index (χ2v) is 5.33. The summed E-state index contributed by atoms with van der Waals surface area (Å²) >= 11 is 0. The molecule has 2 aromatic carbocycles. The summed E-state index contributed by atoms with van der Waals surface area (Å²) in [5, 5.41) is 9.59. The number of H-pyrrole nitrogens is 1. The fraction of sp³-hybridized carbons (Fsp3) is 0.111. The molecule has 0 unspecified atom stereocenters.